The molecule has 3 aromatic rings. The number of benzene rings is 2. The summed E-state index contributed by atoms with van der Waals surface area (Å²) in [5.74, 6) is 0.728. The lowest BCUT2D eigenvalue weighted by molar-refractivity contribution is -0.133. The van der Waals surface area contributed by atoms with Crippen LogP contribution in [0.5, 0.6) is 0 Å². The summed E-state index contributed by atoms with van der Waals surface area (Å²) in [6, 6.07) is 15.9. The number of piperidine rings is 1. The van der Waals surface area contributed by atoms with Crippen LogP contribution in [-0.2, 0) is 17.9 Å². The minimum Gasteiger partial charge on any atom is -0.354 e. The summed E-state index contributed by atoms with van der Waals surface area (Å²) in [6.07, 6.45) is 2.14. The maximum absolute atomic E-state index is 13.8. The molecule has 1 fully saturated rings. The maximum Gasteiger partial charge on any atom is 0.271 e. The lowest BCUT2D eigenvalue weighted by atomic mass is 9.92. The molecular formula is C30H37FN4O2. The monoisotopic (exact) mass is 504 g/mol. The Balaban J connectivity index is 1.35. The van der Waals surface area contributed by atoms with Gasteiger partial charge in [0.05, 0.1) is 6.54 Å². The third-order valence-corrected chi connectivity index (χ3v) is 7.96. The smallest absolute Gasteiger partial charge is 0.271 e. The van der Waals surface area contributed by atoms with Gasteiger partial charge < -0.3 is 19.7 Å². The molecule has 0 saturated carbocycles. The molecular weight excluding hydrogens is 467 g/mol. The summed E-state index contributed by atoms with van der Waals surface area (Å²) in [7, 11) is 0. The van der Waals surface area contributed by atoms with Gasteiger partial charge in [0.15, 0.2) is 0 Å². The van der Waals surface area contributed by atoms with Crippen molar-refractivity contribution in [2.75, 3.05) is 26.2 Å². The second-order valence-corrected chi connectivity index (χ2v) is 11.3. The quantitative estimate of drug-likeness (QED) is 0.476. The molecule has 1 saturated heterocycles. The Hall–Kier alpha value is -3.19. The molecule has 2 amide bonds. The summed E-state index contributed by atoms with van der Waals surface area (Å²) in [5.41, 5.74) is 1.21. The fourth-order valence-corrected chi connectivity index (χ4v) is 6.20. The molecule has 1 aromatic heterocycles. The first kappa shape index (κ1) is 25.5. The van der Waals surface area contributed by atoms with Crippen LogP contribution in [0.2, 0.25) is 0 Å². The highest BCUT2D eigenvalue weighted by Crippen LogP contribution is 2.33. The van der Waals surface area contributed by atoms with Gasteiger partial charge in [0, 0.05) is 37.1 Å². The van der Waals surface area contributed by atoms with Crippen molar-refractivity contribution >= 4 is 22.7 Å². The Kier molecular flexibility index (Phi) is 7.08. The van der Waals surface area contributed by atoms with Crippen molar-refractivity contribution in [1.82, 2.24) is 19.7 Å². The molecule has 196 valence electrons. The molecule has 2 aliphatic heterocycles. The van der Waals surface area contributed by atoms with E-state index in [2.05, 4.69) is 24.1 Å². The van der Waals surface area contributed by atoms with E-state index in [1.54, 1.807) is 17.0 Å². The molecule has 3 atom stereocenters. The summed E-state index contributed by atoms with van der Waals surface area (Å²) in [4.78, 5) is 31.7. The van der Waals surface area contributed by atoms with Crippen molar-refractivity contribution < 1.29 is 14.0 Å². The molecule has 37 heavy (non-hydrogen) atoms. The molecule has 1 N–H and O–H groups in total. The van der Waals surface area contributed by atoms with Crippen LogP contribution in [0.1, 0.15) is 49.7 Å². The van der Waals surface area contributed by atoms with Crippen LogP contribution in [0.4, 0.5) is 4.39 Å². The van der Waals surface area contributed by atoms with E-state index in [9.17, 15) is 14.0 Å². The SMILES string of the molecule is C[C@@H]1C[C@@H](C)CN(CCCNC(=O)[C@]2(C)Cn3c(cc4ccccc43)C(=O)N2Cc2ccc(F)cc2)C1. The summed E-state index contributed by atoms with van der Waals surface area (Å²) in [5, 5.41) is 4.11. The van der Waals surface area contributed by atoms with Crippen LogP contribution < -0.4 is 5.32 Å². The molecule has 0 unspecified atom stereocenters. The van der Waals surface area contributed by atoms with E-state index in [4.69, 9.17) is 0 Å². The average Bonchev–Trinajstić information content (AvgIpc) is 3.23. The summed E-state index contributed by atoms with van der Waals surface area (Å²) < 4.78 is 15.5. The lowest BCUT2D eigenvalue weighted by Gasteiger charge is -2.44. The fraction of sp³-hybridized carbons (Fsp3) is 0.467. The van der Waals surface area contributed by atoms with Gasteiger partial charge >= 0.3 is 0 Å². The predicted octanol–water partition coefficient (Wildman–Crippen LogP) is 4.68. The number of para-hydroxylation sites is 1. The van der Waals surface area contributed by atoms with Gasteiger partial charge in [-0.2, -0.15) is 0 Å². The number of rotatable bonds is 7. The highest BCUT2D eigenvalue weighted by Gasteiger charge is 2.47. The van der Waals surface area contributed by atoms with Gasteiger partial charge in [-0.05, 0) is 68.0 Å². The van der Waals surface area contributed by atoms with Gasteiger partial charge in [-0.3, -0.25) is 9.59 Å². The van der Waals surface area contributed by atoms with Crippen molar-refractivity contribution in [2.45, 2.75) is 52.2 Å². The molecule has 5 rings (SSSR count). The van der Waals surface area contributed by atoms with Crippen molar-refractivity contribution in [3.63, 3.8) is 0 Å². The Labute approximate surface area is 218 Å². The minimum absolute atomic E-state index is 0.160. The topological polar surface area (TPSA) is 57.6 Å². The molecule has 3 heterocycles. The van der Waals surface area contributed by atoms with E-state index in [0.29, 0.717) is 30.6 Å². The third kappa shape index (κ3) is 5.14. The molecule has 2 aliphatic rings. The minimum atomic E-state index is -1.09. The second kappa shape index (κ2) is 10.3. The molecule has 2 aromatic carbocycles. The van der Waals surface area contributed by atoms with Crippen LogP contribution in [-0.4, -0.2) is 57.9 Å². The predicted molar refractivity (Wildman–Crippen MR) is 144 cm³/mol. The van der Waals surface area contributed by atoms with Crippen molar-refractivity contribution in [2.24, 2.45) is 11.8 Å². The van der Waals surface area contributed by atoms with Crippen LogP contribution in [0.15, 0.2) is 54.6 Å². The van der Waals surface area contributed by atoms with Gasteiger partial charge in [0.1, 0.15) is 17.1 Å². The largest absolute Gasteiger partial charge is 0.354 e. The maximum atomic E-state index is 13.8. The van der Waals surface area contributed by atoms with E-state index >= 15 is 0 Å². The fourth-order valence-electron chi connectivity index (χ4n) is 6.20. The first-order valence-corrected chi connectivity index (χ1v) is 13.4. The number of amides is 2. The number of carbonyl (C=O) groups excluding carboxylic acids is 2. The Bertz CT molecular complexity index is 1280. The van der Waals surface area contributed by atoms with Gasteiger partial charge in [0.25, 0.3) is 5.91 Å². The standard InChI is InChI=1S/C30H37FN4O2/c1-21-15-22(2)18-33(17-21)14-6-13-32-29(37)30(3)20-34-26-8-5-4-7-24(26)16-27(34)28(36)35(30)19-23-9-11-25(31)12-10-23/h4-5,7-12,16,21-22H,6,13-15,17-20H2,1-3H3,(H,32,37)/t21-,22-,30+/m1/s1. The number of fused-ring (bicyclic) bond motifs is 3. The number of nitrogens with one attached hydrogen (secondary N) is 1. The van der Waals surface area contributed by atoms with Crippen molar-refractivity contribution in [3.8, 4) is 0 Å². The third-order valence-electron chi connectivity index (χ3n) is 7.96. The summed E-state index contributed by atoms with van der Waals surface area (Å²) >= 11 is 0. The molecule has 0 radical (unpaired) electrons. The van der Waals surface area contributed by atoms with Crippen LogP contribution in [0.3, 0.4) is 0 Å². The molecule has 0 bridgehead atoms. The zero-order valence-electron chi connectivity index (χ0n) is 22.0. The van der Waals surface area contributed by atoms with E-state index < -0.39 is 5.54 Å². The zero-order valence-corrected chi connectivity index (χ0v) is 22.0. The Morgan fingerprint density at radius 1 is 1.08 bits per heavy atom. The molecule has 6 nitrogen and oxygen atoms in total. The van der Waals surface area contributed by atoms with Gasteiger partial charge in [-0.15, -0.1) is 0 Å². The van der Waals surface area contributed by atoms with Gasteiger partial charge in [-0.25, -0.2) is 4.39 Å². The normalized spacial score (nSPS) is 24.3. The second-order valence-electron chi connectivity index (χ2n) is 11.3. The number of aromatic nitrogens is 1. The average molecular weight is 505 g/mol. The number of nitrogens with zero attached hydrogens (tertiary/aromatic N) is 3. The van der Waals surface area contributed by atoms with Crippen molar-refractivity contribution in [3.05, 3.63) is 71.7 Å². The van der Waals surface area contributed by atoms with Crippen LogP contribution >= 0.6 is 0 Å². The molecule has 0 aliphatic carbocycles. The van der Waals surface area contributed by atoms with Gasteiger partial charge in [0.2, 0.25) is 5.91 Å². The first-order valence-electron chi connectivity index (χ1n) is 13.4. The molecule has 0 spiro atoms. The number of halogens is 1. The summed E-state index contributed by atoms with van der Waals surface area (Å²) in [6.45, 7) is 10.8. The van der Waals surface area contributed by atoms with Gasteiger partial charge in [-0.1, -0.05) is 44.2 Å². The zero-order chi connectivity index (χ0) is 26.2. The van der Waals surface area contributed by atoms with E-state index in [0.717, 1.165) is 42.5 Å². The molecule has 7 heteroatoms. The highest BCUT2D eigenvalue weighted by atomic mass is 19.1. The Morgan fingerprint density at radius 3 is 2.51 bits per heavy atom. The number of hydrogen-bond acceptors (Lipinski definition) is 3. The van der Waals surface area contributed by atoms with Crippen molar-refractivity contribution in [1.29, 1.82) is 0 Å². The first-order chi connectivity index (χ1) is 17.7. The number of likely N-dealkylation sites (tertiary alicyclic amines) is 1. The highest BCUT2D eigenvalue weighted by molar-refractivity contribution is 6.03. The lowest BCUT2D eigenvalue weighted by Crippen LogP contribution is -2.63. The van der Waals surface area contributed by atoms with E-state index in [1.807, 2.05) is 41.8 Å². The number of carbonyl (C=O) groups is 2. The van der Waals surface area contributed by atoms with Crippen LogP contribution in [0.25, 0.3) is 10.9 Å². The van der Waals surface area contributed by atoms with E-state index in [-0.39, 0.29) is 24.2 Å². The van der Waals surface area contributed by atoms with E-state index in [1.165, 1.54) is 18.6 Å². The number of hydrogen-bond donors (Lipinski definition) is 1. The van der Waals surface area contributed by atoms with Crippen LogP contribution in [0, 0.1) is 17.7 Å². The Morgan fingerprint density at radius 2 is 1.78 bits per heavy atom.